The lowest BCUT2D eigenvalue weighted by Gasteiger charge is -2.26. The van der Waals surface area contributed by atoms with Crippen LogP contribution in [0.15, 0.2) is 18.2 Å². The number of halogens is 1. The molecule has 2 N–H and O–H groups in total. The molecule has 1 aliphatic heterocycles. The fourth-order valence-corrected chi connectivity index (χ4v) is 2.67. The van der Waals surface area contributed by atoms with Gasteiger partial charge in [-0.25, -0.2) is 0 Å². The fraction of sp³-hybridized carbons (Fsp3) is 0.500. The minimum absolute atomic E-state index is 0.0119. The molecule has 0 aromatic heterocycles. The van der Waals surface area contributed by atoms with Gasteiger partial charge in [0.05, 0.1) is 10.7 Å². The Kier molecular flexibility index (Phi) is 4.32. The van der Waals surface area contributed by atoms with Gasteiger partial charge in [0.1, 0.15) is 0 Å². The average Bonchev–Trinajstić information content (AvgIpc) is 2.77. The average molecular weight is 282 g/mol. The van der Waals surface area contributed by atoms with E-state index >= 15 is 0 Å². The van der Waals surface area contributed by atoms with Gasteiger partial charge in [0, 0.05) is 25.2 Å². The third kappa shape index (κ3) is 3.19. The first-order valence-electron chi connectivity index (χ1n) is 6.50. The summed E-state index contributed by atoms with van der Waals surface area (Å²) in [5, 5.41) is 0.428. The van der Waals surface area contributed by atoms with Crippen LogP contribution < -0.4 is 5.73 Å². The standard InChI is InChI=1S/C14H20ClN3O/c1-17-7-3-4-11(17)9-18(2)14(19)10-5-6-13(16)12(15)8-10/h5-6,8,11H,3-4,7,9,16H2,1-2H3. The number of hydrogen-bond donors (Lipinski definition) is 1. The van der Waals surface area contributed by atoms with Crippen LogP contribution in [0.2, 0.25) is 5.02 Å². The molecular weight excluding hydrogens is 262 g/mol. The number of hydrogen-bond acceptors (Lipinski definition) is 3. The van der Waals surface area contributed by atoms with Gasteiger partial charge in [0.15, 0.2) is 0 Å². The van der Waals surface area contributed by atoms with Crippen LogP contribution in [0, 0.1) is 0 Å². The molecule has 0 radical (unpaired) electrons. The van der Waals surface area contributed by atoms with Gasteiger partial charge in [-0.2, -0.15) is 0 Å². The second-order valence-corrected chi connectivity index (χ2v) is 5.61. The highest BCUT2D eigenvalue weighted by molar-refractivity contribution is 6.33. The van der Waals surface area contributed by atoms with E-state index in [-0.39, 0.29) is 5.91 Å². The lowest BCUT2D eigenvalue weighted by molar-refractivity contribution is 0.0761. The zero-order valence-electron chi connectivity index (χ0n) is 11.4. The lowest BCUT2D eigenvalue weighted by Crippen LogP contribution is -2.39. The summed E-state index contributed by atoms with van der Waals surface area (Å²) < 4.78 is 0. The number of rotatable bonds is 3. The van der Waals surface area contributed by atoms with Crippen molar-refractivity contribution in [2.45, 2.75) is 18.9 Å². The molecule has 0 saturated carbocycles. The van der Waals surface area contributed by atoms with Crippen LogP contribution in [0.3, 0.4) is 0 Å². The van der Waals surface area contributed by atoms with E-state index in [2.05, 4.69) is 11.9 Å². The van der Waals surface area contributed by atoms with E-state index in [1.54, 1.807) is 23.1 Å². The van der Waals surface area contributed by atoms with Gasteiger partial charge in [-0.1, -0.05) is 11.6 Å². The number of nitrogens with zero attached hydrogens (tertiary/aromatic N) is 2. The van der Waals surface area contributed by atoms with Gasteiger partial charge in [-0.3, -0.25) is 4.79 Å². The highest BCUT2D eigenvalue weighted by Crippen LogP contribution is 2.21. The van der Waals surface area contributed by atoms with E-state index in [9.17, 15) is 4.79 Å². The molecule has 1 fully saturated rings. The molecule has 19 heavy (non-hydrogen) atoms. The zero-order valence-corrected chi connectivity index (χ0v) is 12.2. The maximum atomic E-state index is 12.3. The molecule has 0 aliphatic carbocycles. The Labute approximate surface area is 119 Å². The normalized spacial score (nSPS) is 19.6. The third-order valence-corrected chi connectivity index (χ3v) is 4.08. The van der Waals surface area contributed by atoms with Crippen molar-refractivity contribution in [2.24, 2.45) is 0 Å². The SMILES string of the molecule is CN(CC1CCCN1C)C(=O)c1ccc(N)c(Cl)c1. The molecule has 1 aromatic carbocycles. The quantitative estimate of drug-likeness (QED) is 0.863. The molecule has 1 aliphatic rings. The number of nitrogen functional groups attached to an aromatic ring is 1. The highest BCUT2D eigenvalue weighted by Gasteiger charge is 2.24. The predicted octanol–water partition coefficient (Wildman–Crippen LogP) is 2.09. The Hall–Kier alpha value is -1.26. The largest absolute Gasteiger partial charge is 0.398 e. The van der Waals surface area contributed by atoms with Crippen molar-refractivity contribution in [3.8, 4) is 0 Å². The van der Waals surface area contributed by atoms with E-state index in [4.69, 9.17) is 17.3 Å². The van der Waals surface area contributed by atoms with E-state index in [0.717, 1.165) is 19.5 Å². The second-order valence-electron chi connectivity index (χ2n) is 5.20. The monoisotopic (exact) mass is 281 g/mol. The maximum absolute atomic E-state index is 12.3. The molecule has 1 atom stereocenters. The van der Waals surface area contributed by atoms with Gasteiger partial charge < -0.3 is 15.5 Å². The van der Waals surface area contributed by atoms with E-state index in [1.165, 1.54) is 6.42 Å². The first-order chi connectivity index (χ1) is 8.99. The van der Waals surface area contributed by atoms with Gasteiger partial charge in [0.2, 0.25) is 0 Å². The molecule has 1 unspecified atom stereocenters. The number of likely N-dealkylation sites (N-methyl/N-ethyl adjacent to an activating group) is 2. The van der Waals surface area contributed by atoms with Crippen molar-refractivity contribution in [2.75, 3.05) is 32.9 Å². The molecular formula is C14H20ClN3O. The van der Waals surface area contributed by atoms with Crippen LogP contribution in [-0.2, 0) is 0 Å². The second kappa shape index (κ2) is 5.80. The Morgan fingerprint density at radius 2 is 2.32 bits per heavy atom. The summed E-state index contributed by atoms with van der Waals surface area (Å²) in [6.45, 7) is 1.86. The van der Waals surface area contributed by atoms with Crippen molar-refractivity contribution in [1.82, 2.24) is 9.80 Å². The van der Waals surface area contributed by atoms with Crippen LogP contribution in [0.5, 0.6) is 0 Å². The van der Waals surface area contributed by atoms with Gasteiger partial charge in [0.25, 0.3) is 5.91 Å². The van der Waals surface area contributed by atoms with Crippen LogP contribution in [0.1, 0.15) is 23.2 Å². The number of benzene rings is 1. The maximum Gasteiger partial charge on any atom is 0.253 e. The van der Waals surface area contributed by atoms with Crippen LogP contribution in [0.4, 0.5) is 5.69 Å². The smallest absolute Gasteiger partial charge is 0.253 e. The molecule has 1 aromatic rings. The predicted molar refractivity (Wildman–Crippen MR) is 78.5 cm³/mol. The van der Waals surface area contributed by atoms with E-state index in [0.29, 0.717) is 22.3 Å². The van der Waals surface area contributed by atoms with Crippen molar-refractivity contribution in [1.29, 1.82) is 0 Å². The first kappa shape index (κ1) is 14.2. The highest BCUT2D eigenvalue weighted by atomic mass is 35.5. The number of carbonyl (C=O) groups is 1. The zero-order chi connectivity index (χ0) is 14.0. The minimum atomic E-state index is -0.0119. The Morgan fingerprint density at radius 1 is 1.58 bits per heavy atom. The number of likely N-dealkylation sites (tertiary alicyclic amines) is 1. The molecule has 0 bridgehead atoms. The van der Waals surface area contributed by atoms with Crippen molar-refractivity contribution >= 4 is 23.2 Å². The summed E-state index contributed by atoms with van der Waals surface area (Å²) in [4.78, 5) is 16.4. The summed E-state index contributed by atoms with van der Waals surface area (Å²) in [5.74, 6) is -0.0119. The first-order valence-corrected chi connectivity index (χ1v) is 6.87. The minimum Gasteiger partial charge on any atom is -0.398 e. The Morgan fingerprint density at radius 3 is 2.89 bits per heavy atom. The number of anilines is 1. The fourth-order valence-electron chi connectivity index (χ4n) is 2.49. The lowest BCUT2D eigenvalue weighted by atomic mass is 10.1. The summed E-state index contributed by atoms with van der Waals surface area (Å²) in [6.07, 6.45) is 2.35. The number of nitrogens with two attached hydrogens (primary N) is 1. The molecule has 5 heteroatoms. The van der Waals surface area contributed by atoms with Gasteiger partial charge in [-0.15, -0.1) is 0 Å². The third-order valence-electron chi connectivity index (χ3n) is 3.75. The Bertz CT molecular complexity index is 478. The van der Waals surface area contributed by atoms with Crippen LogP contribution >= 0.6 is 11.6 Å². The van der Waals surface area contributed by atoms with Crippen molar-refractivity contribution in [3.05, 3.63) is 28.8 Å². The summed E-state index contributed by atoms with van der Waals surface area (Å²) >= 11 is 5.95. The van der Waals surface area contributed by atoms with Crippen LogP contribution in [-0.4, -0.2) is 48.9 Å². The van der Waals surface area contributed by atoms with Crippen LogP contribution in [0.25, 0.3) is 0 Å². The molecule has 1 saturated heterocycles. The Balaban J connectivity index is 2.03. The molecule has 1 amide bonds. The number of carbonyl (C=O) groups excluding carboxylic acids is 1. The summed E-state index contributed by atoms with van der Waals surface area (Å²) in [7, 11) is 3.94. The number of amides is 1. The molecule has 0 spiro atoms. The molecule has 4 nitrogen and oxygen atoms in total. The molecule has 2 rings (SSSR count). The van der Waals surface area contributed by atoms with Gasteiger partial charge in [-0.05, 0) is 44.6 Å². The molecule has 104 valence electrons. The summed E-state index contributed by atoms with van der Waals surface area (Å²) in [5.41, 5.74) is 6.73. The van der Waals surface area contributed by atoms with Crippen molar-refractivity contribution < 1.29 is 4.79 Å². The summed E-state index contributed by atoms with van der Waals surface area (Å²) in [6, 6.07) is 5.48. The van der Waals surface area contributed by atoms with E-state index < -0.39 is 0 Å². The molecule has 1 heterocycles. The topological polar surface area (TPSA) is 49.6 Å². The van der Waals surface area contributed by atoms with Crippen molar-refractivity contribution in [3.63, 3.8) is 0 Å². The van der Waals surface area contributed by atoms with Gasteiger partial charge >= 0.3 is 0 Å². The van der Waals surface area contributed by atoms with E-state index in [1.807, 2.05) is 7.05 Å².